The van der Waals surface area contributed by atoms with Crippen LogP contribution in [-0.2, 0) is 10.0 Å². The maximum Gasteiger partial charge on any atom is 0.232 e. The standard InChI is InChI=1S/C23H41NO2S/c1-4-6-8-10-11-13-17-22(16-12-9-7-5-2)20-27(25,26)24-23-18-14-15-21(3)19-23/h14-15,18-19,22,24H,4-13,16-17,20H2,1-3H3. The van der Waals surface area contributed by atoms with Crippen molar-refractivity contribution in [3.63, 3.8) is 0 Å². The van der Waals surface area contributed by atoms with Crippen LogP contribution in [0.3, 0.4) is 0 Å². The molecule has 0 spiro atoms. The fourth-order valence-corrected chi connectivity index (χ4v) is 5.15. The maximum atomic E-state index is 12.7. The minimum Gasteiger partial charge on any atom is -0.284 e. The molecule has 0 saturated carbocycles. The fourth-order valence-electron chi connectivity index (χ4n) is 3.62. The van der Waals surface area contributed by atoms with Crippen molar-refractivity contribution in [2.24, 2.45) is 5.92 Å². The predicted molar refractivity (Wildman–Crippen MR) is 119 cm³/mol. The normalized spacial score (nSPS) is 12.9. The van der Waals surface area contributed by atoms with Gasteiger partial charge in [0, 0.05) is 5.69 Å². The summed E-state index contributed by atoms with van der Waals surface area (Å²) in [6.07, 6.45) is 14.5. The molecule has 0 heterocycles. The summed E-state index contributed by atoms with van der Waals surface area (Å²) in [5.74, 6) is 0.525. The molecule has 1 unspecified atom stereocenters. The first-order valence-corrected chi connectivity index (χ1v) is 12.7. The molecular formula is C23H41NO2S. The van der Waals surface area contributed by atoms with Gasteiger partial charge in [0.2, 0.25) is 10.0 Å². The summed E-state index contributed by atoms with van der Waals surface area (Å²) in [6.45, 7) is 6.43. The molecule has 0 bridgehead atoms. The average Bonchev–Trinajstić information content (AvgIpc) is 2.60. The molecule has 27 heavy (non-hydrogen) atoms. The van der Waals surface area contributed by atoms with E-state index in [-0.39, 0.29) is 11.7 Å². The van der Waals surface area contributed by atoms with Crippen molar-refractivity contribution in [3.8, 4) is 0 Å². The zero-order valence-corrected chi connectivity index (χ0v) is 18.6. The van der Waals surface area contributed by atoms with Crippen molar-refractivity contribution in [3.05, 3.63) is 29.8 Å². The van der Waals surface area contributed by atoms with E-state index >= 15 is 0 Å². The molecule has 3 nitrogen and oxygen atoms in total. The molecular weight excluding hydrogens is 354 g/mol. The van der Waals surface area contributed by atoms with Gasteiger partial charge in [0.1, 0.15) is 0 Å². The van der Waals surface area contributed by atoms with Gasteiger partial charge in [-0.05, 0) is 43.4 Å². The minimum absolute atomic E-state index is 0.252. The van der Waals surface area contributed by atoms with Crippen molar-refractivity contribution in [1.82, 2.24) is 0 Å². The Balaban J connectivity index is 2.53. The third-order valence-corrected chi connectivity index (χ3v) is 6.64. The smallest absolute Gasteiger partial charge is 0.232 e. The number of sulfonamides is 1. The van der Waals surface area contributed by atoms with Crippen LogP contribution in [0.4, 0.5) is 5.69 Å². The molecule has 156 valence electrons. The molecule has 1 aromatic carbocycles. The lowest BCUT2D eigenvalue weighted by Gasteiger charge is -2.18. The molecule has 1 atom stereocenters. The Morgan fingerprint density at radius 1 is 0.852 bits per heavy atom. The van der Waals surface area contributed by atoms with E-state index < -0.39 is 10.0 Å². The minimum atomic E-state index is -3.29. The van der Waals surface area contributed by atoms with E-state index in [1.165, 1.54) is 51.4 Å². The van der Waals surface area contributed by atoms with Gasteiger partial charge in [-0.2, -0.15) is 0 Å². The highest BCUT2D eigenvalue weighted by atomic mass is 32.2. The molecule has 0 aliphatic carbocycles. The van der Waals surface area contributed by atoms with Gasteiger partial charge in [-0.15, -0.1) is 0 Å². The van der Waals surface area contributed by atoms with E-state index in [0.717, 1.165) is 31.2 Å². The Kier molecular flexibility index (Phi) is 12.5. The van der Waals surface area contributed by atoms with E-state index in [1.807, 2.05) is 31.2 Å². The highest BCUT2D eigenvalue weighted by Gasteiger charge is 2.19. The maximum absolute atomic E-state index is 12.7. The third-order valence-electron chi connectivity index (χ3n) is 5.18. The predicted octanol–water partition coefficient (Wildman–Crippen LogP) is 7.07. The summed E-state index contributed by atoms with van der Waals surface area (Å²) in [5, 5.41) is 0. The number of benzene rings is 1. The Labute approximate surface area is 168 Å². The quantitative estimate of drug-likeness (QED) is 0.304. The molecule has 0 aliphatic heterocycles. The lowest BCUT2D eigenvalue weighted by atomic mass is 9.96. The van der Waals surface area contributed by atoms with Crippen molar-refractivity contribution in [2.75, 3.05) is 10.5 Å². The largest absolute Gasteiger partial charge is 0.284 e. The van der Waals surface area contributed by atoms with Gasteiger partial charge in [0.25, 0.3) is 0 Å². The van der Waals surface area contributed by atoms with Gasteiger partial charge in [-0.25, -0.2) is 8.42 Å². The van der Waals surface area contributed by atoms with Crippen molar-refractivity contribution in [2.45, 2.75) is 97.8 Å². The number of unbranched alkanes of at least 4 members (excludes halogenated alkanes) is 8. The van der Waals surface area contributed by atoms with Crippen molar-refractivity contribution in [1.29, 1.82) is 0 Å². The molecule has 1 N–H and O–H groups in total. The zero-order valence-electron chi connectivity index (χ0n) is 17.8. The fraction of sp³-hybridized carbons (Fsp3) is 0.739. The van der Waals surface area contributed by atoms with Crippen LogP contribution < -0.4 is 4.72 Å². The number of anilines is 1. The summed E-state index contributed by atoms with van der Waals surface area (Å²) in [5.41, 5.74) is 1.75. The van der Waals surface area contributed by atoms with Gasteiger partial charge in [-0.3, -0.25) is 4.72 Å². The summed E-state index contributed by atoms with van der Waals surface area (Å²) in [4.78, 5) is 0. The van der Waals surface area contributed by atoms with Crippen LogP contribution in [0.2, 0.25) is 0 Å². The first-order chi connectivity index (χ1) is 13.0. The van der Waals surface area contributed by atoms with Crippen molar-refractivity contribution < 1.29 is 8.42 Å². The molecule has 1 rings (SSSR count). The van der Waals surface area contributed by atoms with E-state index in [4.69, 9.17) is 0 Å². The van der Waals surface area contributed by atoms with Gasteiger partial charge in [0.05, 0.1) is 5.75 Å². The van der Waals surface area contributed by atoms with Gasteiger partial charge >= 0.3 is 0 Å². The molecule has 0 aromatic heterocycles. The number of aryl methyl sites for hydroxylation is 1. The average molecular weight is 396 g/mol. The SMILES string of the molecule is CCCCCCCCC(CCCCCC)CS(=O)(=O)Nc1cccc(C)c1. The van der Waals surface area contributed by atoms with Gasteiger partial charge in [-0.1, -0.05) is 90.2 Å². The Morgan fingerprint density at radius 3 is 2.00 bits per heavy atom. The number of nitrogens with one attached hydrogen (secondary N) is 1. The third kappa shape index (κ3) is 12.1. The number of hydrogen-bond acceptors (Lipinski definition) is 2. The lowest BCUT2D eigenvalue weighted by molar-refractivity contribution is 0.432. The van der Waals surface area contributed by atoms with Gasteiger partial charge in [0.15, 0.2) is 0 Å². The topological polar surface area (TPSA) is 46.2 Å². The Bertz CT molecular complexity index is 598. The van der Waals surface area contributed by atoms with E-state index in [9.17, 15) is 8.42 Å². The number of rotatable bonds is 16. The molecule has 0 fully saturated rings. The molecule has 0 aliphatic rings. The molecule has 0 amide bonds. The molecule has 0 radical (unpaired) electrons. The zero-order chi connectivity index (χ0) is 20.0. The summed E-state index contributed by atoms with van der Waals surface area (Å²) in [7, 11) is -3.29. The second-order valence-electron chi connectivity index (χ2n) is 8.02. The summed E-state index contributed by atoms with van der Waals surface area (Å²) >= 11 is 0. The Hall–Kier alpha value is -1.03. The molecule has 4 heteroatoms. The van der Waals surface area contributed by atoms with E-state index in [1.54, 1.807) is 0 Å². The monoisotopic (exact) mass is 395 g/mol. The highest BCUT2D eigenvalue weighted by Crippen LogP contribution is 2.22. The van der Waals surface area contributed by atoms with Crippen LogP contribution in [0.1, 0.15) is 96.5 Å². The van der Waals surface area contributed by atoms with Crippen LogP contribution in [0.25, 0.3) is 0 Å². The second-order valence-corrected chi connectivity index (χ2v) is 9.79. The number of hydrogen-bond donors (Lipinski definition) is 1. The first-order valence-electron chi connectivity index (χ1n) is 11.0. The second kappa shape index (κ2) is 14.0. The highest BCUT2D eigenvalue weighted by molar-refractivity contribution is 7.92. The molecule has 1 aromatic rings. The van der Waals surface area contributed by atoms with Crippen LogP contribution >= 0.6 is 0 Å². The van der Waals surface area contributed by atoms with Crippen LogP contribution in [-0.4, -0.2) is 14.2 Å². The van der Waals surface area contributed by atoms with E-state index in [0.29, 0.717) is 5.69 Å². The van der Waals surface area contributed by atoms with Crippen LogP contribution in [0, 0.1) is 12.8 Å². The van der Waals surface area contributed by atoms with Crippen molar-refractivity contribution >= 4 is 15.7 Å². The summed E-state index contributed by atoms with van der Waals surface area (Å²) < 4.78 is 28.1. The van der Waals surface area contributed by atoms with Crippen LogP contribution in [0.5, 0.6) is 0 Å². The summed E-state index contributed by atoms with van der Waals surface area (Å²) in [6, 6.07) is 7.59. The van der Waals surface area contributed by atoms with Gasteiger partial charge < -0.3 is 0 Å². The first kappa shape index (κ1) is 24.0. The Morgan fingerprint density at radius 2 is 1.41 bits per heavy atom. The van der Waals surface area contributed by atoms with Crippen LogP contribution in [0.15, 0.2) is 24.3 Å². The molecule has 0 saturated heterocycles. The van der Waals surface area contributed by atoms with E-state index in [2.05, 4.69) is 18.6 Å². The lowest BCUT2D eigenvalue weighted by Crippen LogP contribution is -2.23.